The average molecular weight is 317 g/mol. The first-order valence-electron chi connectivity index (χ1n) is 6.55. The van der Waals surface area contributed by atoms with E-state index in [0.29, 0.717) is 17.9 Å². The zero-order valence-corrected chi connectivity index (χ0v) is 13.0. The van der Waals surface area contributed by atoms with Gasteiger partial charge in [-0.1, -0.05) is 41.9 Å². The van der Waals surface area contributed by atoms with E-state index in [9.17, 15) is 4.79 Å². The van der Waals surface area contributed by atoms with Gasteiger partial charge < -0.3 is 4.74 Å². The van der Waals surface area contributed by atoms with Gasteiger partial charge in [-0.15, -0.1) is 11.3 Å². The van der Waals surface area contributed by atoms with Crippen molar-refractivity contribution >= 4 is 39.5 Å². The molecule has 0 aliphatic rings. The first kappa shape index (κ1) is 14.1. The Morgan fingerprint density at radius 2 is 1.95 bits per heavy atom. The van der Waals surface area contributed by atoms with E-state index >= 15 is 0 Å². The van der Waals surface area contributed by atoms with E-state index in [-0.39, 0.29) is 5.78 Å². The highest BCUT2D eigenvalue weighted by Gasteiger charge is 2.13. The summed E-state index contributed by atoms with van der Waals surface area (Å²) in [5.41, 5.74) is 0.608. The third kappa shape index (κ3) is 2.94. The topological polar surface area (TPSA) is 26.3 Å². The van der Waals surface area contributed by atoms with E-state index in [0.717, 1.165) is 20.0 Å². The number of fused-ring (bicyclic) bond motifs is 1. The van der Waals surface area contributed by atoms with Crippen molar-refractivity contribution in [1.82, 2.24) is 0 Å². The molecule has 3 aromatic rings. The second-order valence-corrected chi connectivity index (χ2v) is 6.51. The van der Waals surface area contributed by atoms with E-state index in [4.69, 9.17) is 16.3 Å². The molecule has 21 heavy (non-hydrogen) atoms. The normalized spacial score (nSPS) is 10.8. The van der Waals surface area contributed by atoms with Gasteiger partial charge in [0.05, 0.1) is 9.90 Å². The van der Waals surface area contributed by atoms with Gasteiger partial charge >= 0.3 is 0 Å². The summed E-state index contributed by atoms with van der Waals surface area (Å²) >= 11 is 7.41. The van der Waals surface area contributed by atoms with Crippen molar-refractivity contribution in [2.45, 2.75) is 13.5 Å². The number of halogens is 1. The average Bonchev–Trinajstić information content (AvgIpc) is 2.90. The fourth-order valence-corrected chi connectivity index (χ4v) is 3.25. The number of ketones is 1. The molecule has 0 N–H and O–H groups in total. The van der Waals surface area contributed by atoms with Gasteiger partial charge in [0, 0.05) is 10.3 Å². The quantitative estimate of drug-likeness (QED) is 0.608. The standard InChI is InChI=1S/C17H13ClO2S/c1-11(19)14-8-6-12-4-2-3-5-15(12)17(14)20-10-13-7-9-16(18)21-13/h2-9H,10H2,1H3. The third-order valence-corrected chi connectivity index (χ3v) is 4.45. The zero-order chi connectivity index (χ0) is 14.8. The molecule has 3 rings (SSSR count). The number of carbonyl (C=O) groups is 1. The van der Waals surface area contributed by atoms with Crippen LogP contribution in [0.15, 0.2) is 48.5 Å². The van der Waals surface area contributed by atoms with Gasteiger partial charge in [0.25, 0.3) is 0 Å². The monoisotopic (exact) mass is 316 g/mol. The molecule has 0 saturated carbocycles. The molecule has 2 aromatic carbocycles. The number of benzene rings is 2. The maximum absolute atomic E-state index is 11.8. The highest BCUT2D eigenvalue weighted by atomic mass is 35.5. The summed E-state index contributed by atoms with van der Waals surface area (Å²) in [4.78, 5) is 12.9. The van der Waals surface area contributed by atoms with Crippen LogP contribution in [0.25, 0.3) is 10.8 Å². The Balaban J connectivity index is 2.01. The Morgan fingerprint density at radius 3 is 2.67 bits per heavy atom. The highest BCUT2D eigenvalue weighted by molar-refractivity contribution is 7.16. The Bertz CT molecular complexity index is 807. The predicted octanol–water partition coefficient (Wildman–Crippen LogP) is 5.34. The van der Waals surface area contributed by atoms with Crippen LogP contribution in [0.1, 0.15) is 22.2 Å². The van der Waals surface area contributed by atoms with Crippen LogP contribution in [0, 0.1) is 0 Å². The molecule has 0 fully saturated rings. The molecule has 0 aliphatic carbocycles. The van der Waals surface area contributed by atoms with Gasteiger partial charge in [-0.2, -0.15) is 0 Å². The van der Waals surface area contributed by atoms with Gasteiger partial charge in [0.1, 0.15) is 12.4 Å². The van der Waals surface area contributed by atoms with Crippen molar-refractivity contribution in [1.29, 1.82) is 0 Å². The lowest BCUT2D eigenvalue weighted by atomic mass is 10.0. The lowest BCUT2D eigenvalue weighted by Crippen LogP contribution is -2.01. The molecule has 1 heterocycles. The fraction of sp³-hybridized carbons (Fsp3) is 0.118. The second-order valence-electron chi connectivity index (χ2n) is 4.71. The number of carbonyl (C=O) groups excluding carboxylic acids is 1. The van der Waals surface area contributed by atoms with E-state index < -0.39 is 0 Å². The summed E-state index contributed by atoms with van der Waals surface area (Å²) in [6, 6.07) is 15.4. The van der Waals surface area contributed by atoms with Crippen molar-refractivity contribution < 1.29 is 9.53 Å². The van der Waals surface area contributed by atoms with Crippen LogP contribution < -0.4 is 4.74 Å². The van der Waals surface area contributed by atoms with Crippen molar-refractivity contribution in [3.8, 4) is 5.75 Å². The number of hydrogen-bond donors (Lipinski definition) is 0. The summed E-state index contributed by atoms with van der Waals surface area (Å²) in [5.74, 6) is 0.644. The molecule has 0 radical (unpaired) electrons. The molecule has 0 atom stereocenters. The molecule has 0 aliphatic heterocycles. The van der Waals surface area contributed by atoms with E-state index in [2.05, 4.69) is 0 Å². The largest absolute Gasteiger partial charge is 0.487 e. The maximum Gasteiger partial charge on any atom is 0.163 e. The first-order chi connectivity index (χ1) is 10.1. The fourth-order valence-electron chi connectivity index (χ4n) is 2.25. The summed E-state index contributed by atoms with van der Waals surface area (Å²) in [5, 5.41) is 2.01. The lowest BCUT2D eigenvalue weighted by Gasteiger charge is -2.12. The molecule has 0 saturated heterocycles. The van der Waals surface area contributed by atoms with Gasteiger partial charge in [-0.25, -0.2) is 0 Å². The molecule has 106 valence electrons. The number of Topliss-reactive ketones (excluding diaryl/α,β-unsaturated/α-hetero) is 1. The van der Waals surface area contributed by atoms with Crippen molar-refractivity contribution in [2.75, 3.05) is 0 Å². The number of thiophene rings is 1. The molecule has 0 bridgehead atoms. The SMILES string of the molecule is CC(=O)c1ccc2ccccc2c1OCc1ccc(Cl)s1. The van der Waals surface area contributed by atoms with Gasteiger partial charge in [0.15, 0.2) is 5.78 Å². The van der Waals surface area contributed by atoms with Gasteiger partial charge in [-0.3, -0.25) is 4.79 Å². The summed E-state index contributed by atoms with van der Waals surface area (Å²) < 4.78 is 6.68. The van der Waals surface area contributed by atoms with Crippen molar-refractivity contribution in [3.05, 3.63) is 63.3 Å². The Labute approximate surface area is 131 Å². The smallest absolute Gasteiger partial charge is 0.163 e. The summed E-state index contributed by atoms with van der Waals surface area (Å²) in [7, 11) is 0. The minimum Gasteiger partial charge on any atom is -0.487 e. The summed E-state index contributed by atoms with van der Waals surface area (Å²) in [6.45, 7) is 1.96. The Morgan fingerprint density at radius 1 is 1.14 bits per heavy atom. The lowest BCUT2D eigenvalue weighted by molar-refractivity contribution is 0.101. The van der Waals surface area contributed by atoms with Crippen LogP contribution in [-0.4, -0.2) is 5.78 Å². The minimum atomic E-state index is -0.0000324. The highest BCUT2D eigenvalue weighted by Crippen LogP contribution is 2.32. The molecule has 2 nitrogen and oxygen atoms in total. The van der Waals surface area contributed by atoms with E-state index in [1.807, 2.05) is 48.5 Å². The molecule has 0 spiro atoms. The third-order valence-electron chi connectivity index (χ3n) is 3.25. The van der Waals surface area contributed by atoms with Gasteiger partial charge in [0.2, 0.25) is 0 Å². The van der Waals surface area contributed by atoms with E-state index in [1.165, 1.54) is 11.3 Å². The minimum absolute atomic E-state index is 0.0000324. The number of ether oxygens (including phenoxy) is 1. The van der Waals surface area contributed by atoms with Crippen LogP contribution in [0.2, 0.25) is 4.34 Å². The predicted molar refractivity (Wildman–Crippen MR) is 87.6 cm³/mol. The molecular formula is C17H13ClO2S. The van der Waals surface area contributed by atoms with Crippen LogP contribution in [-0.2, 0) is 6.61 Å². The molecule has 4 heteroatoms. The number of hydrogen-bond acceptors (Lipinski definition) is 3. The van der Waals surface area contributed by atoms with Crippen LogP contribution >= 0.6 is 22.9 Å². The van der Waals surface area contributed by atoms with Gasteiger partial charge in [-0.05, 0) is 30.5 Å². The molecule has 1 aromatic heterocycles. The zero-order valence-electron chi connectivity index (χ0n) is 11.4. The molecule has 0 amide bonds. The first-order valence-corrected chi connectivity index (χ1v) is 7.74. The van der Waals surface area contributed by atoms with Crippen LogP contribution in [0.4, 0.5) is 0 Å². The van der Waals surface area contributed by atoms with E-state index in [1.54, 1.807) is 6.92 Å². The Hall–Kier alpha value is -1.84. The van der Waals surface area contributed by atoms with Crippen molar-refractivity contribution in [3.63, 3.8) is 0 Å². The van der Waals surface area contributed by atoms with Crippen molar-refractivity contribution in [2.24, 2.45) is 0 Å². The number of rotatable bonds is 4. The van der Waals surface area contributed by atoms with Crippen LogP contribution in [0.3, 0.4) is 0 Å². The second kappa shape index (κ2) is 5.88. The summed E-state index contributed by atoms with van der Waals surface area (Å²) in [6.07, 6.45) is 0. The van der Waals surface area contributed by atoms with Crippen LogP contribution in [0.5, 0.6) is 5.75 Å². The maximum atomic E-state index is 11.8. The Kier molecular flexibility index (Phi) is 3.95. The molecular weight excluding hydrogens is 304 g/mol. The molecule has 0 unspecified atom stereocenters.